The summed E-state index contributed by atoms with van der Waals surface area (Å²) >= 11 is 1.53. The van der Waals surface area contributed by atoms with E-state index < -0.39 is 5.97 Å². The molecule has 0 amide bonds. The molecule has 0 spiro atoms. The predicted molar refractivity (Wildman–Crippen MR) is 94.1 cm³/mol. The molecule has 0 radical (unpaired) electrons. The molecule has 3 nitrogen and oxygen atoms in total. The standard InChI is InChI=1S/C19H17NO2S/c1-3-13-4-6-14(7-5-13)15-8-16(10-17(9-15)19(21)22)18-12(2)20-11-23-18/h4-11H,3H2,1-2H3,(H,21,22). The number of hydrogen-bond acceptors (Lipinski definition) is 3. The van der Waals surface area contributed by atoms with Gasteiger partial charge >= 0.3 is 5.97 Å². The van der Waals surface area contributed by atoms with Crippen molar-refractivity contribution in [3.63, 3.8) is 0 Å². The fourth-order valence-electron chi connectivity index (χ4n) is 2.56. The molecule has 116 valence electrons. The van der Waals surface area contributed by atoms with E-state index in [9.17, 15) is 9.90 Å². The van der Waals surface area contributed by atoms with Gasteiger partial charge in [-0.3, -0.25) is 0 Å². The van der Waals surface area contributed by atoms with Gasteiger partial charge in [0, 0.05) is 0 Å². The topological polar surface area (TPSA) is 50.2 Å². The highest BCUT2D eigenvalue weighted by Gasteiger charge is 2.12. The summed E-state index contributed by atoms with van der Waals surface area (Å²) in [7, 11) is 0. The minimum absolute atomic E-state index is 0.296. The highest BCUT2D eigenvalue weighted by molar-refractivity contribution is 7.13. The smallest absolute Gasteiger partial charge is 0.335 e. The van der Waals surface area contributed by atoms with Crippen molar-refractivity contribution in [2.75, 3.05) is 0 Å². The van der Waals surface area contributed by atoms with Crippen LogP contribution in [-0.2, 0) is 6.42 Å². The van der Waals surface area contributed by atoms with Gasteiger partial charge < -0.3 is 5.11 Å². The van der Waals surface area contributed by atoms with Crippen molar-refractivity contribution in [2.24, 2.45) is 0 Å². The summed E-state index contributed by atoms with van der Waals surface area (Å²) in [4.78, 5) is 16.8. The summed E-state index contributed by atoms with van der Waals surface area (Å²) < 4.78 is 0. The van der Waals surface area contributed by atoms with Crippen LogP contribution in [0.3, 0.4) is 0 Å². The van der Waals surface area contributed by atoms with Crippen LogP contribution in [0.4, 0.5) is 0 Å². The van der Waals surface area contributed by atoms with Crippen LogP contribution in [0.2, 0.25) is 0 Å². The molecule has 0 bridgehead atoms. The number of carbonyl (C=O) groups is 1. The average molecular weight is 323 g/mol. The highest BCUT2D eigenvalue weighted by Crippen LogP contribution is 2.32. The number of hydrogen-bond donors (Lipinski definition) is 1. The van der Waals surface area contributed by atoms with E-state index in [0.717, 1.165) is 33.7 Å². The number of carboxylic acid groups (broad SMARTS) is 1. The lowest BCUT2D eigenvalue weighted by molar-refractivity contribution is 0.0697. The summed E-state index contributed by atoms with van der Waals surface area (Å²) in [6.07, 6.45) is 0.987. The Morgan fingerprint density at radius 1 is 1.09 bits per heavy atom. The first-order valence-corrected chi connectivity index (χ1v) is 8.34. The zero-order chi connectivity index (χ0) is 16.4. The molecule has 1 aromatic heterocycles. The highest BCUT2D eigenvalue weighted by atomic mass is 32.1. The van der Waals surface area contributed by atoms with Crippen LogP contribution < -0.4 is 0 Å². The summed E-state index contributed by atoms with van der Waals surface area (Å²) in [6, 6.07) is 13.7. The molecule has 0 aliphatic rings. The van der Waals surface area contributed by atoms with E-state index in [1.807, 2.05) is 25.1 Å². The lowest BCUT2D eigenvalue weighted by Crippen LogP contribution is -1.97. The number of rotatable bonds is 4. The first kappa shape index (κ1) is 15.4. The third-order valence-corrected chi connectivity index (χ3v) is 4.86. The number of aromatic carboxylic acids is 1. The van der Waals surface area contributed by atoms with E-state index in [0.29, 0.717) is 5.56 Å². The molecular formula is C19H17NO2S. The van der Waals surface area contributed by atoms with Crippen molar-refractivity contribution in [1.29, 1.82) is 0 Å². The Balaban J connectivity index is 2.14. The minimum atomic E-state index is -0.916. The van der Waals surface area contributed by atoms with Crippen molar-refractivity contribution < 1.29 is 9.90 Å². The van der Waals surface area contributed by atoms with Crippen LogP contribution in [-0.4, -0.2) is 16.1 Å². The molecule has 0 unspecified atom stereocenters. The number of thiazole rings is 1. The van der Waals surface area contributed by atoms with Crippen LogP contribution in [0.25, 0.3) is 21.6 Å². The molecule has 2 aromatic carbocycles. The summed E-state index contributed by atoms with van der Waals surface area (Å²) in [5.41, 5.74) is 7.10. The van der Waals surface area contributed by atoms with Crippen molar-refractivity contribution in [3.8, 4) is 21.6 Å². The van der Waals surface area contributed by atoms with Gasteiger partial charge in [-0.2, -0.15) is 0 Å². The molecule has 1 N–H and O–H groups in total. The number of aryl methyl sites for hydroxylation is 2. The fraction of sp³-hybridized carbons (Fsp3) is 0.158. The largest absolute Gasteiger partial charge is 0.478 e. The third kappa shape index (κ3) is 3.17. The quantitative estimate of drug-likeness (QED) is 0.731. The molecule has 3 rings (SSSR count). The summed E-state index contributed by atoms with van der Waals surface area (Å²) in [6.45, 7) is 4.06. The average Bonchev–Trinajstić information content (AvgIpc) is 3.00. The number of nitrogens with zero attached hydrogens (tertiary/aromatic N) is 1. The second-order valence-electron chi connectivity index (χ2n) is 5.42. The molecule has 1 heterocycles. The molecule has 0 fully saturated rings. The Morgan fingerprint density at radius 3 is 2.35 bits per heavy atom. The summed E-state index contributed by atoms with van der Waals surface area (Å²) in [5, 5.41) is 9.42. The van der Waals surface area contributed by atoms with Crippen LogP contribution in [0, 0.1) is 6.92 Å². The summed E-state index contributed by atoms with van der Waals surface area (Å²) in [5.74, 6) is -0.916. The SMILES string of the molecule is CCc1ccc(-c2cc(C(=O)O)cc(-c3scnc3C)c2)cc1. The number of benzene rings is 2. The van der Waals surface area contributed by atoms with Gasteiger partial charge in [0.15, 0.2) is 0 Å². The first-order chi connectivity index (χ1) is 11.1. The lowest BCUT2D eigenvalue weighted by atomic mass is 9.97. The Bertz CT molecular complexity index is 850. The van der Waals surface area contributed by atoms with Crippen molar-refractivity contribution in [3.05, 3.63) is 64.8 Å². The van der Waals surface area contributed by atoms with Crippen molar-refractivity contribution in [1.82, 2.24) is 4.98 Å². The minimum Gasteiger partial charge on any atom is -0.478 e. The molecule has 3 aromatic rings. The van der Waals surface area contributed by atoms with Crippen LogP contribution in [0.1, 0.15) is 28.5 Å². The monoisotopic (exact) mass is 323 g/mol. The van der Waals surface area contributed by atoms with E-state index in [-0.39, 0.29) is 0 Å². The van der Waals surface area contributed by atoms with Gasteiger partial charge in [0.05, 0.1) is 21.6 Å². The van der Waals surface area contributed by atoms with Crippen LogP contribution in [0.15, 0.2) is 48.0 Å². The van der Waals surface area contributed by atoms with E-state index in [1.54, 1.807) is 17.6 Å². The van der Waals surface area contributed by atoms with Gasteiger partial charge in [0.2, 0.25) is 0 Å². The van der Waals surface area contributed by atoms with Crippen molar-refractivity contribution >= 4 is 17.3 Å². The van der Waals surface area contributed by atoms with Gasteiger partial charge in [0.25, 0.3) is 0 Å². The molecule has 0 saturated carbocycles. The Labute approximate surface area is 139 Å². The van der Waals surface area contributed by atoms with Crippen molar-refractivity contribution in [2.45, 2.75) is 20.3 Å². The van der Waals surface area contributed by atoms with E-state index >= 15 is 0 Å². The van der Waals surface area contributed by atoms with Crippen LogP contribution >= 0.6 is 11.3 Å². The number of carboxylic acids is 1. The first-order valence-electron chi connectivity index (χ1n) is 7.46. The molecule has 0 aliphatic heterocycles. The zero-order valence-corrected chi connectivity index (χ0v) is 13.9. The van der Waals surface area contributed by atoms with Gasteiger partial charge in [-0.05, 0) is 53.8 Å². The Morgan fingerprint density at radius 2 is 1.78 bits per heavy atom. The Hall–Kier alpha value is -2.46. The molecule has 0 atom stereocenters. The van der Waals surface area contributed by atoms with Gasteiger partial charge in [0.1, 0.15) is 0 Å². The van der Waals surface area contributed by atoms with Gasteiger partial charge in [-0.25, -0.2) is 9.78 Å². The lowest BCUT2D eigenvalue weighted by Gasteiger charge is -2.08. The fourth-order valence-corrected chi connectivity index (χ4v) is 3.35. The van der Waals surface area contributed by atoms with E-state index in [4.69, 9.17) is 0 Å². The maximum Gasteiger partial charge on any atom is 0.335 e. The van der Waals surface area contributed by atoms with E-state index in [1.165, 1.54) is 16.9 Å². The molecule has 0 saturated heterocycles. The molecule has 0 aliphatic carbocycles. The third-order valence-electron chi connectivity index (χ3n) is 3.88. The second-order valence-corrected chi connectivity index (χ2v) is 6.28. The van der Waals surface area contributed by atoms with Gasteiger partial charge in [-0.15, -0.1) is 11.3 Å². The second kappa shape index (κ2) is 6.34. The maximum atomic E-state index is 11.5. The van der Waals surface area contributed by atoms with Gasteiger partial charge in [-0.1, -0.05) is 31.2 Å². The Kier molecular flexibility index (Phi) is 4.26. The maximum absolute atomic E-state index is 11.5. The zero-order valence-electron chi connectivity index (χ0n) is 13.0. The van der Waals surface area contributed by atoms with Crippen LogP contribution in [0.5, 0.6) is 0 Å². The molecule has 4 heteroatoms. The molecule has 23 heavy (non-hydrogen) atoms. The van der Waals surface area contributed by atoms with E-state index in [2.05, 4.69) is 24.0 Å². The normalized spacial score (nSPS) is 10.7. The molecular weight excluding hydrogens is 306 g/mol. The predicted octanol–water partition coefficient (Wildman–Crippen LogP) is 5.05. The number of aromatic nitrogens is 1.